The van der Waals surface area contributed by atoms with Gasteiger partial charge in [0.2, 0.25) is 0 Å². The van der Waals surface area contributed by atoms with Crippen molar-refractivity contribution in [2.75, 3.05) is 0 Å². The van der Waals surface area contributed by atoms with Crippen molar-refractivity contribution in [2.45, 2.75) is 0 Å². The first-order valence-electron chi connectivity index (χ1n) is 5.50. The maximum atomic E-state index is 13.4. The van der Waals surface area contributed by atoms with Gasteiger partial charge in [0.25, 0.3) is 0 Å². The third-order valence-corrected chi connectivity index (χ3v) is 2.87. The maximum Gasteiger partial charge on any atom is 0.187 e. The van der Waals surface area contributed by atoms with Crippen molar-refractivity contribution in [3.8, 4) is 0 Å². The molecule has 2 rings (SSSR count). The number of hydrogen-bond acceptors (Lipinski definition) is 1. The van der Waals surface area contributed by atoms with E-state index in [1.807, 2.05) is 0 Å². The van der Waals surface area contributed by atoms with Crippen LogP contribution in [-0.2, 0) is 0 Å². The van der Waals surface area contributed by atoms with E-state index < -0.39 is 17.4 Å². The second kappa shape index (κ2) is 5.76. The number of carbonyl (C=O) groups is 1. The van der Waals surface area contributed by atoms with Crippen LogP contribution in [0.3, 0.4) is 0 Å². The highest BCUT2D eigenvalue weighted by Crippen LogP contribution is 2.18. The van der Waals surface area contributed by atoms with Gasteiger partial charge in [-0.15, -0.1) is 0 Å². The molecule has 0 spiro atoms. The molecule has 2 aromatic carbocycles. The Balaban J connectivity index is 2.29. The normalized spacial score (nSPS) is 10.9. The number of ketones is 1. The van der Waals surface area contributed by atoms with Gasteiger partial charge in [0, 0.05) is 11.1 Å². The standard InChI is InChI=1S/C15H9ClF2O/c16-12-5-2-1-4-10(12)15(19)9-8-11-13(17)6-3-7-14(11)18/h1-9H/b9-8+. The smallest absolute Gasteiger partial charge is 0.187 e. The van der Waals surface area contributed by atoms with Gasteiger partial charge in [-0.3, -0.25) is 4.79 Å². The second-order valence-corrected chi connectivity index (χ2v) is 4.22. The summed E-state index contributed by atoms with van der Waals surface area (Å²) in [6.45, 7) is 0. The molecule has 1 nitrogen and oxygen atoms in total. The Hall–Kier alpha value is -2.00. The SMILES string of the molecule is O=C(/C=C/c1c(F)cccc1F)c1ccccc1Cl. The highest BCUT2D eigenvalue weighted by molar-refractivity contribution is 6.34. The van der Waals surface area contributed by atoms with Gasteiger partial charge >= 0.3 is 0 Å². The summed E-state index contributed by atoms with van der Waals surface area (Å²) in [5.74, 6) is -1.85. The summed E-state index contributed by atoms with van der Waals surface area (Å²) in [6.07, 6.45) is 2.21. The summed E-state index contributed by atoms with van der Waals surface area (Å²) in [4.78, 5) is 11.8. The lowest BCUT2D eigenvalue weighted by Crippen LogP contribution is -1.96. The summed E-state index contributed by atoms with van der Waals surface area (Å²) in [5.41, 5.74) is 0.0417. The molecular weight excluding hydrogens is 270 g/mol. The van der Waals surface area contributed by atoms with Crippen molar-refractivity contribution in [1.29, 1.82) is 0 Å². The fourth-order valence-electron chi connectivity index (χ4n) is 1.58. The average Bonchev–Trinajstić information content (AvgIpc) is 2.38. The van der Waals surface area contributed by atoms with Crippen LogP contribution in [0.15, 0.2) is 48.5 Å². The molecule has 0 aromatic heterocycles. The summed E-state index contributed by atoms with van der Waals surface area (Å²) < 4.78 is 26.7. The summed E-state index contributed by atoms with van der Waals surface area (Å²) in [5, 5.41) is 0.297. The van der Waals surface area contributed by atoms with Crippen molar-refractivity contribution >= 4 is 23.5 Å². The van der Waals surface area contributed by atoms with E-state index in [2.05, 4.69) is 0 Å². The van der Waals surface area contributed by atoms with E-state index in [-0.39, 0.29) is 11.1 Å². The van der Waals surface area contributed by atoms with Gasteiger partial charge in [0.05, 0.1) is 5.02 Å². The van der Waals surface area contributed by atoms with Gasteiger partial charge in [-0.2, -0.15) is 0 Å². The van der Waals surface area contributed by atoms with Crippen LogP contribution in [0, 0.1) is 11.6 Å². The Morgan fingerprint density at radius 1 is 1.00 bits per heavy atom. The highest BCUT2D eigenvalue weighted by atomic mass is 35.5. The molecule has 19 heavy (non-hydrogen) atoms. The van der Waals surface area contributed by atoms with Crippen LogP contribution in [0.4, 0.5) is 8.78 Å². The molecule has 0 aliphatic heterocycles. The average molecular weight is 279 g/mol. The molecule has 0 saturated heterocycles. The topological polar surface area (TPSA) is 17.1 Å². The zero-order valence-corrected chi connectivity index (χ0v) is 10.5. The maximum absolute atomic E-state index is 13.4. The van der Waals surface area contributed by atoms with E-state index in [1.165, 1.54) is 6.07 Å². The number of benzene rings is 2. The lowest BCUT2D eigenvalue weighted by Gasteiger charge is -2.00. The zero-order chi connectivity index (χ0) is 13.8. The van der Waals surface area contributed by atoms with Crippen molar-refractivity contribution in [3.63, 3.8) is 0 Å². The summed E-state index contributed by atoms with van der Waals surface area (Å²) in [7, 11) is 0. The molecule has 0 atom stereocenters. The molecule has 0 aliphatic carbocycles. The van der Waals surface area contributed by atoms with Crippen LogP contribution < -0.4 is 0 Å². The van der Waals surface area contributed by atoms with Crippen molar-refractivity contribution in [3.05, 3.63) is 76.3 Å². The first-order chi connectivity index (χ1) is 9.09. The van der Waals surface area contributed by atoms with Crippen LogP contribution in [0.5, 0.6) is 0 Å². The van der Waals surface area contributed by atoms with Gasteiger partial charge in [-0.25, -0.2) is 8.78 Å². The third kappa shape index (κ3) is 3.06. The largest absolute Gasteiger partial charge is 0.289 e. The Morgan fingerprint density at radius 2 is 1.63 bits per heavy atom. The summed E-state index contributed by atoms with van der Waals surface area (Å²) in [6, 6.07) is 10.00. The van der Waals surface area contributed by atoms with Crippen molar-refractivity contribution < 1.29 is 13.6 Å². The first-order valence-corrected chi connectivity index (χ1v) is 5.88. The van der Waals surface area contributed by atoms with Crippen LogP contribution in [0.1, 0.15) is 15.9 Å². The molecule has 4 heteroatoms. The monoisotopic (exact) mass is 278 g/mol. The summed E-state index contributed by atoms with van der Waals surface area (Å²) >= 11 is 5.86. The lowest BCUT2D eigenvalue weighted by atomic mass is 10.1. The van der Waals surface area contributed by atoms with E-state index in [1.54, 1.807) is 24.3 Å². The predicted molar refractivity (Wildman–Crippen MR) is 71.2 cm³/mol. The fourth-order valence-corrected chi connectivity index (χ4v) is 1.81. The van der Waals surface area contributed by atoms with Crippen molar-refractivity contribution in [2.24, 2.45) is 0 Å². The van der Waals surface area contributed by atoms with Gasteiger partial charge in [-0.1, -0.05) is 29.8 Å². The van der Waals surface area contributed by atoms with E-state index in [0.29, 0.717) is 5.02 Å². The Morgan fingerprint density at radius 3 is 2.26 bits per heavy atom. The molecule has 96 valence electrons. The van der Waals surface area contributed by atoms with Gasteiger partial charge in [0.1, 0.15) is 11.6 Å². The van der Waals surface area contributed by atoms with E-state index in [0.717, 1.165) is 24.3 Å². The van der Waals surface area contributed by atoms with Crippen LogP contribution in [0.2, 0.25) is 5.02 Å². The van der Waals surface area contributed by atoms with E-state index >= 15 is 0 Å². The molecule has 0 saturated carbocycles. The molecule has 0 fully saturated rings. The fraction of sp³-hybridized carbons (Fsp3) is 0. The quantitative estimate of drug-likeness (QED) is 0.596. The zero-order valence-electron chi connectivity index (χ0n) is 9.74. The molecule has 0 aliphatic rings. The molecule has 0 heterocycles. The molecule has 0 unspecified atom stereocenters. The van der Waals surface area contributed by atoms with E-state index in [9.17, 15) is 13.6 Å². The van der Waals surface area contributed by atoms with Crippen LogP contribution >= 0.6 is 11.6 Å². The van der Waals surface area contributed by atoms with Crippen LogP contribution in [0.25, 0.3) is 6.08 Å². The lowest BCUT2D eigenvalue weighted by molar-refractivity contribution is 0.104. The third-order valence-electron chi connectivity index (χ3n) is 2.54. The van der Waals surface area contributed by atoms with Gasteiger partial charge in [-0.05, 0) is 36.4 Å². The van der Waals surface area contributed by atoms with Gasteiger partial charge in [0.15, 0.2) is 5.78 Å². The number of hydrogen-bond donors (Lipinski definition) is 0. The molecule has 0 amide bonds. The van der Waals surface area contributed by atoms with E-state index in [4.69, 9.17) is 11.6 Å². The molecule has 0 N–H and O–H groups in total. The molecular formula is C15H9ClF2O. The Kier molecular flexibility index (Phi) is 4.07. The number of rotatable bonds is 3. The van der Waals surface area contributed by atoms with Crippen LogP contribution in [-0.4, -0.2) is 5.78 Å². The van der Waals surface area contributed by atoms with Crippen molar-refractivity contribution in [1.82, 2.24) is 0 Å². The number of halogens is 3. The molecule has 0 bridgehead atoms. The Bertz CT molecular complexity index is 630. The Labute approximate surface area is 114 Å². The first kappa shape index (κ1) is 13.4. The molecule has 2 aromatic rings. The van der Waals surface area contributed by atoms with Gasteiger partial charge < -0.3 is 0 Å². The minimum Gasteiger partial charge on any atom is -0.289 e. The number of allylic oxidation sites excluding steroid dienone is 1. The minimum atomic E-state index is -0.719. The molecule has 0 radical (unpaired) electrons. The highest BCUT2D eigenvalue weighted by Gasteiger charge is 2.08. The number of carbonyl (C=O) groups excluding carboxylic acids is 1. The minimum absolute atomic E-state index is 0.247. The second-order valence-electron chi connectivity index (χ2n) is 3.81. The predicted octanol–water partition coefficient (Wildman–Crippen LogP) is 4.51.